The number of hydrogen-bond donors (Lipinski definition) is 0. The molecule has 0 saturated carbocycles. The Bertz CT molecular complexity index is 843. The lowest BCUT2D eigenvalue weighted by Crippen LogP contribution is -2.05. The first-order valence-electron chi connectivity index (χ1n) is 7.10. The highest BCUT2D eigenvalue weighted by molar-refractivity contribution is 5.72. The van der Waals surface area contributed by atoms with E-state index in [1.165, 1.54) is 12.1 Å². The van der Waals surface area contributed by atoms with Gasteiger partial charge in [0.1, 0.15) is 17.2 Å². The van der Waals surface area contributed by atoms with Crippen molar-refractivity contribution in [3.8, 4) is 6.07 Å². The number of hydrogen-bond acceptors (Lipinski definition) is 3. The molecule has 0 bridgehead atoms. The molecule has 5 heteroatoms. The summed E-state index contributed by atoms with van der Waals surface area (Å²) in [5, 5.41) is 8.85. The molecular formula is C17H15FN4. The predicted octanol–water partition coefficient (Wildman–Crippen LogP) is 3.38. The van der Waals surface area contributed by atoms with E-state index in [2.05, 4.69) is 16.0 Å². The molecule has 3 rings (SSSR count). The second-order valence-corrected chi connectivity index (χ2v) is 5.25. The highest BCUT2D eigenvalue weighted by atomic mass is 19.1. The van der Waals surface area contributed by atoms with Crippen LogP contribution in [0, 0.1) is 24.1 Å². The van der Waals surface area contributed by atoms with Crippen molar-refractivity contribution in [3.63, 3.8) is 0 Å². The maximum absolute atomic E-state index is 13.0. The van der Waals surface area contributed by atoms with Crippen LogP contribution in [0.2, 0.25) is 0 Å². The van der Waals surface area contributed by atoms with Gasteiger partial charge in [0.15, 0.2) is 5.65 Å². The summed E-state index contributed by atoms with van der Waals surface area (Å²) in [4.78, 5) is 9.08. The molecule has 0 fully saturated rings. The second kappa shape index (κ2) is 5.94. The third kappa shape index (κ3) is 2.82. The number of benzene rings is 1. The fourth-order valence-corrected chi connectivity index (χ4v) is 2.47. The van der Waals surface area contributed by atoms with Gasteiger partial charge in [-0.25, -0.2) is 14.4 Å². The fraction of sp³-hybridized carbons (Fsp3) is 0.235. The number of imidazole rings is 1. The van der Waals surface area contributed by atoms with E-state index in [1.807, 2.05) is 17.6 Å². The summed E-state index contributed by atoms with van der Waals surface area (Å²) >= 11 is 0. The molecule has 0 aliphatic rings. The molecule has 0 amide bonds. The Morgan fingerprint density at radius 1 is 1.27 bits per heavy atom. The van der Waals surface area contributed by atoms with E-state index >= 15 is 0 Å². The molecule has 0 aliphatic heterocycles. The smallest absolute Gasteiger partial charge is 0.160 e. The first-order valence-corrected chi connectivity index (χ1v) is 7.10. The normalized spacial score (nSPS) is 10.8. The van der Waals surface area contributed by atoms with Crippen LogP contribution >= 0.6 is 0 Å². The van der Waals surface area contributed by atoms with Gasteiger partial charge in [-0.15, -0.1) is 0 Å². The van der Waals surface area contributed by atoms with Gasteiger partial charge in [0, 0.05) is 19.2 Å². The summed E-state index contributed by atoms with van der Waals surface area (Å²) in [5.74, 6) is 0.592. The molecule has 0 radical (unpaired) electrons. The van der Waals surface area contributed by atoms with Crippen LogP contribution in [-0.4, -0.2) is 14.5 Å². The van der Waals surface area contributed by atoms with Crippen molar-refractivity contribution in [1.29, 1.82) is 5.26 Å². The fourth-order valence-electron chi connectivity index (χ4n) is 2.47. The van der Waals surface area contributed by atoms with Crippen molar-refractivity contribution in [1.82, 2.24) is 14.5 Å². The maximum atomic E-state index is 13.0. The number of aryl methyl sites for hydroxylation is 2. The molecule has 4 nitrogen and oxygen atoms in total. The lowest BCUT2D eigenvalue weighted by atomic mass is 10.1. The van der Waals surface area contributed by atoms with Crippen molar-refractivity contribution in [2.45, 2.75) is 26.3 Å². The molecule has 1 aromatic carbocycles. The first kappa shape index (κ1) is 14.2. The summed E-state index contributed by atoms with van der Waals surface area (Å²) < 4.78 is 15.0. The monoisotopic (exact) mass is 294 g/mol. The molecule has 0 atom stereocenters. The van der Waals surface area contributed by atoms with Crippen LogP contribution in [0.1, 0.15) is 23.4 Å². The molecule has 0 N–H and O–H groups in total. The molecule has 2 heterocycles. The third-order valence-electron chi connectivity index (χ3n) is 3.52. The zero-order chi connectivity index (χ0) is 15.5. The Morgan fingerprint density at radius 2 is 2.05 bits per heavy atom. The summed E-state index contributed by atoms with van der Waals surface area (Å²) in [6.07, 6.45) is 2.78. The molecule has 0 unspecified atom stereocenters. The van der Waals surface area contributed by atoms with Crippen LogP contribution in [0.15, 0.2) is 36.5 Å². The zero-order valence-corrected chi connectivity index (χ0v) is 12.3. The Morgan fingerprint density at radius 3 is 2.77 bits per heavy atom. The van der Waals surface area contributed by atoms with Gasteiger partial charge < -0.3 is 4.57 Å². The van der Waals surface area contributed by atoms with E-state index in [4.69, 9.17) is 5.26 Å². The van der Waals surface area contributed by atoms with Crippen molar-refractivity contribution in [2.24, 2.45) is 0 Å². The number of rotatable bonds is 4. The second-order valence-electron chi connectivity index (χ2n) is 5.25. The Labute approximate surface area is 127 Å². The van der Waals surface area contributed by atoms with Crippen LogP contribution in [0.5, 0.6) is 0 Å². The van der Waals surface area contributed by atoms with E-state index in [1.54, 1.807) is 18.3 Å². The average Bonchev–Trinajstić information content (AvgIpc) is 2.83. The molecule has 22 heavy (non-hydrogen) atoms. The largest absolute Gasteiger partial charge is 0.311 e. The highest BCUT2D eigenvalue weighted by Gasteiger charge is 2.12. The van der Waals surface area contributed by atoms with Crippen molar-refractivity contribution < 1.29 is 4.39 Å². The molecule has 3 aromatic rings. The zero-order valence-electron chi connectivity index (χ0n) is 12.3. The van der Waals surface area contributed by atoms with Gasteiger partial charge in [-0.2, -0.15) is 5.26 Å². The van der Waals surface area contributed by atoms with E-state index in [9.17, 15) is 4.39 Å². The van der Waals surface area contributed by atoms with Gasteiger partial charge in [0.05, 0.1) is 12.5 Å². The first-order chi connectivity index (χ1) is 10.7. The van der Waals surface area contributed by atoms with Gasteiger partial charge in [0.2, 0.25) is 0 Å². The minimum Gasteiger partial charge on any atom is -0.311 e. The Kier molecular flexibility index (Phi) is 3.84. The van der Waals surface area contributed by atoms with E-state index in [-0.39, 0.29) is 5.82 Å². The number of nitriles is 1. The quantitative estimate of drug-likeness (QED) is 0.741. The number of fused-ring (bicyclic) bond motifs is 1. The van der Waals surface area contributed by atoms with E-state index < -0.39 is 0 Å². The minimum absolute atomic E-state index is 0.251. The van der Waals surface area contributed by atoms with Crippen LogP contribution in [-0.2, 0) is 13.0 Å². The summed E-state index contributed by atoms with van der Waals surface area (Å²) in [6.45, 7) is 2.53. The average molecular weight is 294 g/mol. The maximum Gasteiger partial charge on any atom is 0.160 e. The number of aromatic nitrogens is 3. The molecule has 2 aromatic heterocycles. The minimum atomic E-state index is -0.251. The molecule has 110 valence electrons. The third-order valence-corrected chi connectivity index (χ3v) is 3.52. The van der Waals surface area contributed by atoms with Crippen LogP contribution in [0.4, 0.5) is 4.39 Å². The van der Waals surface area contributed by atoms with E-state index in [0.717, 1.165) is 28.1 Å². The Hall–Kier alpha value is -2.74. The van der Waals surface area contributed by atoms with Gasteiger partial charge >= 0.3 is 0 Å². The number of halogens is 1. The van der Waals surface area contributed by atoms with Gasteiger partial charge in [-0.05, 0) is 36.2 Å². The SMILES string of the molecule is Cc1cnc2c(c1)nc(Cc1ccc(F)cc1)n2CCC#N. The predicted molar refractivity (Wildman–Crippen MR) is 81.7 cm³/mol. The summed E-state index contributed by atoms with van der Waals surface area (Å²) in [5.41, 5.74) is 3.64. The van der Waals surface area contributed by atoms with Crippen LogP contribution < -0.4 is 0 Å². The van der Waals surface area contributed by atoms with Crippen LogP contribution in [0.3, 0.4) is 0 Å². The number of nitrogens with zero attached hydrogens (tertiary/aromatic N) is 4. The van der Waals surface area contributed by atoms with Gasteiger partial charge in [0.25, 0.3) is 0 Å². The lowest BCUT2D eigenvalue weighted by Gasteiger charge is -2.06. The van der Waals surface area contributed by atoms with Crippen molar-refractivity contribution in [3.05, 3.63) is 59.3 Å². The standard InChI is InChI=1S/C17H15FN4/c1-12-9-15-17(20-11-12)22(8-2-7-19)16(21-15)10-13-3-5-14(18)6-4-13/h3-6,9,11H,2,8,10H2,1H3. The molecule has 0 aliphatic carbocycles. The number of pyridine rings is 1. The Balaban J connectivity index is 2.03. The van der Waals surface area contributed by atoms with Crippen molar-refractivity contribution in [2.75, 3.05) is 0 Å². The van der Waals surface area contributed by atoms with Crippen LogP contribution in [0.25, 0.3) is 11.2 Å². The lowest BCUT2D eigenvalue weighted by molar-refractivity contribution is 0.626. The van der Waals surface area contributed by atoms with Crippen molar-refractivity contribution >= 4 is 11.2 Å². The highest BCUT2D eigenvalue weighted by Crippen LogP contribution is 2.18. The van der Waals surface area contributed by atoms with E-state index in [0.29, 0.717) is 19.4 Å². The molecule has 0 spiro atoms. The van der Waals surface area contributed by atoms with Gasteiger partial charge in [-0.1, -0.05) is 12.1 Å². The van der Waals surface area contributed by atoms with Gasteiger partial charge in [-0.3, -0.25) is 0 Å². The summed E-state index contributed by atoms with van der Waals surface area (Å²) in [7, 11) is 0. The molecule has 0 saturated heterocycles. The topological polar surface area (TPSA) is 54.5 Å². The molecular weight excluding hydrogens is 279 g/mol. The summed E-state index contributed by atoms with van der Waals surface area (Å²) in [6, 6.07) is 10.5.